The summed E-state index contributed by atoms with van der Waals surface area (Å²) in [7, 11) is 0. The number of amidine groups is 1. The number of anilines is 1. The van der Waals surface area contributed by atoms with Crippen LogP contribution in [0.4, 0.5) is 5.69 Å². The molecular weight excluding hydrogens is 244 g/mol. The Morgan fingerprint density at radius 1 is 0.944 bits per heavy atom. The normalized spacial score (nSPS) is 16.9. The highest BCUT2D eigenvalue weighted by atomic mass is 35.5. The van der Waals surface area contributed by atoms with E-state index < -0.39 is 0 Å². The molecular formula is C15H15ClN2. The van der Waals surface area contributed by atoms with Gasteiger partial charge in [-0.2, -0.15) is 0 Å². The number of hydrogen-bond donors (Lipinski definition) is 2. The van der Waals surface area contributed by atoms with E-state index in [1.807, 2.05) is 6.07 Å². The van der Waals surface area contributed by atoms with Crippen LogP contribution in [0, 0.1) is 0 Å². The van der Waals surface area contributed by atoms with Crippen LogP contribution in [0.3, 0.4) is 0 Å². The Morgan fingerprint density at radius 2 is 1.61 bits per heavy atom. The molecule has 1 aliphatic rings. The summed E-state index contributed by atoms with van der Waals surface area (Å²) < 4.78 is 0. The van der Waals surface area contributed by atoms with Crippen LogP contribution in [0.2, 0.25) is 0 Å². The largest absolute Gasteiger partial charge is 1.00 e. The lowest BCUT2D eigenvalue weighted by Crippen LogP contribution is -3.00. The fourth-order valence-corrected chi connectivity index (χ4v) is 2.30. The predicted octanol–water partition coefficient (Wildman–Crippen LogP) is -1.30. The molecule has 0 aromatic heterocycles. The van der Waals surface area contributed by atoms with Gasteiger partial charge in [-0.15, -0.1) is 0 Å². The first-order chi connectivity index (χ1) is 8.34. The van der Waals surface area contributed by atoms with Crippen LogP contribution >= 0.6 is 0 Å². The second-order valence-electron chi connectivity index (χ2n) is 4.33. The van der Waals surface area contributed by atoms with E-state index in [9.17, 15) is 0 Å². The predicted molar refractivity (Wildman–Crippen MR) is 70.0 cm³/mol. The summed E-state index contributed by atoms with van der Waals surface area (Å²) in [6, 6.07) is 19.2. The minimum absolute atomic E-state index is 0. The van der Waals surface area contributed by atoms with E-state index in [-0.39, 0.29) is 18.4 Å². The molecule has 0 bridgehead atoms. The third kappa shape index (κ3) is 2.24. The molecule has 1 aliphatic heterocycles. The molecule has 0 radical (unpaired) electrons. The maximum atomic E-state index is 3.49. The van der Waals surface area contributed by atoms with E-state index in [0.29, 0.717) is 0 Å². The Morgan fingerprint density at radius 3 is 2.39 bits per heavy atom. The van der Waals surface area contributed by atoms with E-state index in [1.165, 1.54) is 16.8 Å². The van der Waals surface area contributed by atoms with Crippen LogP contribution in [-0.4, -0.2) is 5.84 Å². The Balaban J connectivity index is 0.00000120. The summed E-state index contributed by atoms with van der Waals surface area (Å²) in [5, 5.41) is 3.37. The van der Waals surface area contributed by atoms with E-state index in [1.54, 1.807) is 0 Å². The average Bonchev–Trinajstić information content (AvgIpc) is 2.39. The minimum atomic E-state index is 0. The van der Waals surface area contributed by atoms with Gasteiger partial charge >= 0.3 is 0 Å². The highest BCUT2D eigenvalue weighted by Gasteiger charge is 2.25. The Bertz CT molecular complexity index is 564. The van der Waals surface area contributed by atoms with Gasteiger partial charge in [0.1, 0.15) is 11.7 Å². The molecule has 1 unspecified atom stereocenters. The molecule has 0 aliphatic carbocycles. The zero-order valence-electron chi connectivity index (χ0n) is 10.2. The van der Waals surface area contributed by atoms with Gasteiger partial charge in [-0.1, -0.05) is 48.5 Å². The van der Waals surface area contributed by atoms with E-state index in [0.717, 1.165) is 5.84 Å². The first-order valence-electron chi connectivity index (χ1n) is 5.85. The first-order valence-corrected chi connectivity index (χ1v) is 5.85. The van der Waals surface area contributed by atoms with Crippen molar-refractivity contribution in [2.45, 2.75) is 13.0 Å². The molecule has 2 N–H and O–H groups in total. The lowest BCUT2D eigenvalue weighted by Gasteiger charge is -2.19. The summed E-state index contributed by atoms with van der Waals surface area (Å²) in [6.07, 6.45) is 0. The zero-order valence-corrected chi connectivity index (χ0v) is 10.9. The summed E-state index contributed by atoms with van der Waals surface area (Å²) in [5.41, 5.74) is 3.78. The standard InChI is InChI=1S/C15H14N2.ClH/c1-11-16-14-10-6-5-9-13(14)15(17-11)12-7-3-2-4-8-12;/h2-10,15H,1H3,(H,16,17);1H. The van der Waals surface area contributed by atoms with Crippen molar-refractivity contribution in [3.63, 3.8) is 0 Å². The van der Waals surface area contributed by atoms with Crippen molar-refractivity contribution in [2.75, 3.05) is 5.32 Å². The molecule has 18 heavy (non-hydrogen) atoms. The van der Waals surface area contributed by atoms with Crippen molar-refractivity contribution >= 4 is 11.5 Å². The fraction of sp³-hybridized carbons (Fsp3) is 0.133. The van der Waals surface area contributed by atoms with Gasteiger partial charge < -0.3 is 12.4 Å². The first kappa shape index (κ1) is 12.7. The number of hydrogen-bond acceptors (Lipinski definition) is 1. The summed E-state index contributed by atoms with van der Waals surface area (Å²) in [5.74, 6) is 1.09. The lowest BCUT2D eigenvalue weighted by molar-refractivity contribution is -0.499. The second kappa shape index (κ2) is 5.23. The summed E-state index contributed by atoms with van der Waals surface area (Å²) in [6.45, 7) is 2.06. The maximum Gasteiger partial charge on any atom is 0.245 e. The van der Waals surface area contributed by atoms with Crippen molar-refractivity contribution in [1.82, 2.24) is 0 Å². The number of fused-ring (bicyclic) bond motifs is 1. The second-order valence-corrected chi connectivity index (χ2v) is 4.33. The highest BCUT2D eigenvalue weighted by molar-refractivity contribution is 5.91. The van der Waals surface area contributed by atoms with Gasteiger partial charge in [0.05, 0.1) is 0 Å². The van der Waals surface area contributed by atoms with Gasteiger partial charge in [-0.25, -0.2) is 5.32 Å². The molecule has 92 valence electrons. The Labute approximate surface area is 113 Å². The topological polar surface area (TPSA) is 26.0 Å². The van der Waals surface area contributed by atoms with Crippen LogP contribution in [0.15, 0.2) is 54.6 Å². The van der Waals surface area contributed by atoms with E-state index >= 15 is 0 Å². The molecule has 0 saturated carbocycles. The Kier molecular flexibility index (Phi) is 3.68. The molecule has 0 amide bonds. The van der Waals surface area contributed by atoms with Gasteiger partial charge in [0.25, 0.3) is 0 Å². The summed E-state index contributed by atoms with van der Waals surface area (Å²) in [4.78, 5) is 3.49. The quantitative estimate of drug-likeness (QED) is 0.654. The fourth-order valence-electron chi connectivity index (χ4n) is 2.30. The van der Waals surface area contributed by atoms with Crippen molar-refractivity contribution in [2.24, 2.45) is 0 Å². The zero-order chi connectivity index (χ0) is 11.7. The van der Waals surface area contributed by atoms with Crippen LogP contribution in [0.5, 0.6) is 0 Å². The number of benzene rings is 2. The molecule has 3 rings (SSSR count). The van der Waals surface area contributed by atoms with Gasteiger partial charge in [-0.3, -0.25) is 4.99 Å². The monoisotopic (exact) mass is 258 g/mol. The molecule has 2 aromatic rings. The summed E-state index contributed by atoms with van der Waals surface area (Å²) >= 11 is 0. The number of nitrogens with one attached hydrogen (secondary N) is 2. The number of halogens is 1. The number of para-hydroxylation sites is 1. The molecule has 0 saturated heterocycles. The van der Waals surface area contributed by atoms with Crippen molar-refractivity contribution in [1.29, 1.82) is 0 Å². The molecule has 0 spiro atoms. The lowest BCUT2D eigenvalue weighted by atomic mass is 9.96. The average molecular weight is 259 g/mol. The van der Waals surface area contributed by atoms with Crippen LogP contribution in [0.1, 0.15) is 24.1 Å². The third-order valence-electron chi connectivity index (χ3n) is 3.09. The van der Waals surface area contributed by atoms with E-state index in [2.05, 4.69) is 65.8 Å². The van der Waals surface area contributed by atoms with Crippen molar-refractivity contribution < 1.29 is 17.4 Å². The molecule has 2 nitrogen and oxygen atoms in total. The Hall–Kier alpha value is -1.80. The van der Waals surface area contributed by atoms with Crippen LogP contribution < -0.4 is 22.7 Å². The SMILES string of the molecule is CC1=[NH+]C(c2ccccc2)c2ccccc2N1.[Cl-]. The molecule has 0 fully saturated rings. The van der Waals surface area contributed by atoms with Gasteiger partial charge in [-0.05, 0) is 6.07 Å². The van der Waals surface area contributed by atoms with Crippen LogP contribution in [0.25, 0.3) is 0 Å². The maximum absolute atomic E-state index is 3.49. The van der Waals surface area contributed by atoms with E-state index in [4.69, 9.17) is 0 Å². The number of rotatable bonds is 1. The van der Waals surface area contributed by atoms with Crippen molar-refractivity contribution in [3.8, 4) is 0 Å². The smallest absolute Gasteiger partial charge is 0.245 e. The molecule has 1 atom stereocenters. The van der Waals surface area contributed by atoms with Gasteiger partial charge in [0.15, 0.2) is 0 Å². The molecule has 1 heterocycles. The highest BCUT2D eigenvalue weighted by Crippen LogP contribution is 2.26. The minimum Gasteiger partial charge on any atom is -1.00 e. The molecule has 2 aromatic carbocycles. The van der Waals surface area contributed by atoms with Crippen LogP contribution in [-0.2, 0) is 0 Å². The van der Waals surface area contributed by atoms with Gasteiger partial charge in [0.2, 0.25) is 5.84 Å². The third-order valence-corrected chi connectivity index (χ3v) is 3.09. The van der Waals surface area contributed by atoms with Crippen molar-refractivity contribution in [3.05, 3.63) is 65.7 Å². The molecule has 3 heteroatoms. The van der Waals surface area contributed by atoms with Gasteiger partial charge in [0, 0.05) is 18.1 Å².